The molecular weight excluding hydrogens is 357 g/mol. The predicted molar refractivity (Wildman–Crippen MR) is 95.9 cm³/mol. The van der Waals surface area contributed by atoms with E-state index in [1.165, 1.54) is 18.3 Å². The number of hydrogen-bond donors (Lipinski definition) is 1. The molecule has 4 aromatic rings. The number of nitrogens with one attached hydrogen (secondary N) is 1. The average Bonchev–Trinajstić information content (AvgIpc) is 3.22. The minimum atomic E-state index is -0.417. The standard InChI is InChI=1S/C18H13ClFN5O/c19-16-15-3-1-2-8-25(15)23-17(16)18(26)22-14-9-21-24(11-14)10-12-4-6-13(20)7-5-12/h1-9,11H,10H2,(H,22,26). The predicted octanol–water partition coefficient (Wildman–Crippen LogP) is 3.62. The van der Waals surface area contributed by atoms with Gasteiger partial charge in [0.1, 0.15) is 5.82 Å². The summed E-state index contributed by atoms with van der Waals surface area (Å²) in [5.74, 6) is -0.702. The van der Waals surface area contributed by atoms with E-state index in [1.54, 1.807) is 45.9 Å². The van der Waals surface area contributed by atoms with Crippen LogP contribution >= 0.6 is 11.6 Å². The highest BCUT2D eigenvalue weighted by Crippen LogP contribution is 2.22. The first-order valence-corrected chi connectivity index (χ1v) is 8.19. The molecule has 0 aliphatic heterocycles. The zero-order valence-electron chi connectivity index (χ0n) is 13.4. The third-order valence-corrected chi connectivity index (χ3v) is 4.22. The van der Waals surface area contributed by atoms with Crippen molar-refractivity contribution in [2.45, 2.75) is 6.54 Å². The molecule has 1 amide bonds. The molecule has 4 rings (SSSR count). The highest BCUT2D eigenvalue weighted by Gasteiger charge is 2.18. The van der Waals surface area contributed by atoms with Gasteiger partial charge in [-0.3, -0.25) is 9.48 Å². The number of rotatable bonds is 4. The van der Waals surface area contributed by atoms with Crippen molar-refractivity contribution in [1.29, 1.82) is 0 Å². The summed E-state index contributed by atoms with van der Waals surface area (Å²) in [6.07, 6.45) is 4.94. The smallest absolute Gasteiger partial charge is 0.277 e. The molecule has 1 N–H and O–H groups in total. The second kappa shape index (κ2) is 6.61. The van der Waals surface area contributed by atoms with Crippen molar-refractivity contribution in [3.63, 3.8) is 0 Å². The molecule has 0 unspecified atom stereocenters. The van der Waals surface area contributed by atoms with Crippen LogP contribution in [0.25, 0.3) is 5.52 Å². The summed E-state index contributed by atoms with van der Waals surface area (Å²) < 4.78 is 16.2. The first-order valence-electron chi connectivity index (χ1n) is 7.81. The lowest BCUT2D eigenvalue weighted by Crippen LogP contribution is -2.12. The Hall–Kier alpha value is -3.19. The van der Waals surface area contributed by atoms with E-state index in [-0.39, 0.29) is 11.5 Å². The minimum absolute atomic E-state index is 0.143. The molecule has 0 aliphatic carbocycles. The van der Waals surface area contributed by atoms with E-state index in [0.717, 1.165) is 5.56 Å². The van der Waals surface area contributed by atoms with E-state index in [4.69, 9.17) is 11.6 Å². The third kappa shape index (κ3) is 3.16. The van der Waals surface area contributed by atoms with Gasteiger partial charge in [-0.15, -0.1) is 0 Å². The van der Waals surface area contributed by atoms with Crippen molar-refractivity contribution >= 4 is 28.7 Å². The number of halogens is 2. The van der Waals surface area contributed by atoms with Crippen molar-refractivity contribution in [2.24, 2.45) is 0 Å². The molecule has 0 bridgehead atoms. The van der Waals surface area contributed by atoms with Crippen LogP contribution in [0.1, 0.15) is 16.1 Å². The Morgan fingerprint density at radius 3 is 2.77 bits per heavy atom. The second-order valence-corrected chi connectivity index (χ2v) is 6.08. The lowest BCUT2D eigenvalue weighted by molar-refractivity contribution is 0.102. The lowest BCUT2D eigenvalue weighted by atomic mass is 10.2. The van der Waals surface area contributed by atoms with Gasteiger partial charge in [-0.05, 0) is 29.8 Å². The maximum Gasteiger partial charge on any atom is 0.277 e. The maximum absolute atomic E-state index is 13.0. The SMILES string of the molecule is O=C(Nc1cnn(Cc2ccc(F)cc2)c1)c1nn2ccccc2c1Cl. The molecule has 6 nitrogen and oxygen atoms in total. The van der Waals surface area contributed by atoms with Crippen molar-refractivity contribution in [2.75, 3.05) is 5.32 Å². The number of fused-ring (bicyclic) bond motifs is 1. The number of amides is 1. The molecule has 0 spiro atoms. The number of benzene rings is 1. The van der Waals surface area contributed by atoms with Gasteiger partial charge in [-0.25, -0.2) is 8.91 Å². The fourth-order valence-electron chi connectivity index (χ4n) is 2.60. The Kier molecular flexibility index (Phi) is 4.14. The van der Waals surface area contributed by atoms with Crippen LogP contribution < -0.4 is 5.32 Å². The number of nitrogens with zero attached hydrogens (tertiary/aromatic N) is 4. The minimum Gasteiger partial charge on any atom is -0.318 e. The zero-order valence-corrected chi connectivity index (χ0v) is 14.2. The van der Waals surface area contributed by atoms with Gasteiger partial charge in [0, 0.05) is 12.4 Å². The Bertz CT molecular complexity index is 1090. The third-order valence-electron chi connectivity index (χ3n) is 3.84. The van der Waals surface area contributed by atoms with Crippen LogP contribution in [0.4, 0.5) is 10.1 Å². The van der Waals surface area contributed by atoms with Gasteiger partial charge < -0.3 is 5.32 Å². The summed E-state index contributed by atoms with van der Waals surface area (Å²) >= 11 is 6.25. The van der Waals surface area contributed by atoms with E-state index >= 15 is 0 Å². The molecule has 0 fully saturated rings. The average molecular weight is 370 g/mol. The fourth-order valence-corrected chi connectivity index (χ4v) is 2.87. The molecule has 0 atom stereocenters. The molecule has 0 aliphatic rings. The summed E-state index contributed by atoms with van der Waals surface area (Å²) in [4.78, 5) is 12.5. The Morgan fingerprint density at radius 1 is 1.19 bits per heavy atom. The molecule has 1 aromatic carbocycles. The summed E-state index contributed by atoms with van der Waals surface area (Å²) in [6.45, 7) is 0.464. The van der Waals surface area contributed by atoms with E-state index < -0.39 is 5.91 Å². The Balaban J connectivity index is 1.50. The molecule has 8 heteroatoms. The van der Waals surface area contributed by atoms with E-state index in [2.05, 4.69) is 15.5 Å². The second-order valence-electron chi connectivity index (χ2n) is 5.70. The zero-order chi connectivity index (χ0) is 18.1. The Morgan fingerprint density at radius 2 is 2.00 bits per heavy atom. The van der Waals surface area contributed by atoms with E-state index in [0.29, 0.717) is 22.8 Å². The van der Waals surface area contributed by atoms with Crippen molar-refractivity contribution in [3.8, 4) is 0 Å². The van der Waals surface area contributed by atoms with Crippen LogP contribution in [-0.2, 0) is 6.54 Å². The number of carbonyl (C=O) groups excluding carboxylic acids is 1. The number of carbonyl (C=O) groups is 1. The topological polar surface area (TPSA) is 64.2 Å². The monoisotopic (exact) mass is 369 g/mol. The van der Waals surface area contributed by atoms with Gasteiger partial charge >= 0.3 is 0 Å². The molecule has 0 saturated carbocycles. The summed E-state index contributed by atoms with van der Waals surface area (Å²) in [5, 5.41) is 11.4. The largest absolute Gasteiger partial charge is 0.318 e. The van der Waals surface area contributed by atoms with Crippen LogP contribution in [0.3, 0.4) is 0 Å². The molecule has 26 heavy (non-hydrogen) atoms. The molecular formula is C18H13ClFN5O. The number of hydrogen-bond acceptors (Lipinski definition) is 3. The highest BCUT2D eigenvalue weighted by atomic mass is 35.5. The molecule has 130 valence electrons. The summed E-state index contributed by atoms with van der Waals surface area (Å²) in [6, 6.07) is 11.6. The van der Waals surface area contributed by atoms with Gasteiger partial charge in [-0.1, -0.05) is 29.8 Å². The van der Waals surface area contributed by atoms with Crippen LogP contribution in [0.15, 0.2) is 61.1 Å². The molecule has 3 aromatic heterocycles. The summed E-state index contributed by atoms with van der Waals surface area (Å²) in [7, 11) is 0. The van der Waals surface area contributed by atoms with E-state index in [9.17, 15) is 9.18 Å². The lowest BCUT2D eigenvalue weighted by Gasteiger charge is -2.02. The summed E-state index contributed by atoms with van der Waals surface area (Å²) in [5.41, 5.74) is 2.22. The normalized spacial score (nSPS) is 11.0. The van der Waals surface area contributed by atoms with Crippen LogP contribution in [-0.4, -0.2) is 25.3 Å². The van der Waals surface area contributed by atoms with Crippen molar-refractivity contribution < 1.29 is 9.18 Å². The van der Waals surface area contributed by atoms with Gasteiger partial charge in [-0.2, -0.15) is 10.2 Å². The highest BCUT2D eigenvalue weighted by molar-refractivity contribution is 6.37. The number of aromatic nitrogens is 4. The van der Waals surface area contributed by atoms with E-state index in [1.807, 2.05) is 6.07 Å². The number of pyridine rings is 1. The van der Waals surface area contributed by atoms with Gasteiger partial charge in [0.25, 0.3) is 5.91 Å². The van der Waals surface area contributed by atoms with Gasteiger partial charge in [0.2, 0.25) is 0 Å². The maximum atomic E-state index is 13.0. The Labute approximate surface area is 152 Å². The molecule has 0 radical (unpaired) electrons. The van der Waals surface area contributed by atoms with Crippen LogP contribution in [0.5, 0.6) is 0 Å². The quantitative estimate of drug-likeness (QED) is 0.597. The van der Waals surface area contributed by atoms with Crippen molar-refractivity contribution in [1.82, 2.24) is 19.4 Å². The number of anilines is 1. The first kappa shape index (κ1) is 16.3. The van der Waals surface area contributed by atoms with Crippen LogP contribution in [0, 0.1) is 5.82 Å². The first-order chi connectivity index (χ1) is 12.6. The fraction of sp³-hybridized carbons (Fsp3) is 0.0556. The molecule has 3 heterocycles. The van der Waals surface area contributed by atoms with Crippen molar-refractivity contribution in [3.05, 3.63) is 83.2 Å². The van der Waals surface area contributed by atoms with Crippen LogP contribution in [0.2, 0.25) is 5.02 Å². The van der Waals surface area contributed by atoms with Gasteiger partial charge in [0.15, 0.2) is 5.69 Å². The van der Waals surface area contributed by atoms with Gasteiger partial charge in [0.05, 0.1) is 29.0 Å². The molecule has 0 saturated heterocycles.